The second-order valence-corrected chi connectivity index (χ2v) is 10.7. The number of benzene rings is 1. The van der Waals surface area contributed by atoms with Crippen LogP contribution < -0.4 is 10.5 Å². The Morgan fingerprint density at radius 3 is 2.42 bits per heavy atom. The van der Waals surface area contributed by atoms with Gasteiger partial charge in [0.25, 0.3) is 0 Å². The molecule has 0 saturated heterocycles. The van der Waals surface area contributed by atoms with Gasteiger partial charge in [0.1, 0.15) is 36.0 Å². The topological polar surface area (TPSA) is 118 Å². The maximum Gasteiger partial charge on any atom is 0.434 e. The zero-order chi connectivity index (χ0) is 30.9. The first-order valence-electron chi connectivity index (χ1n) is 14.1. The first-order chi connectivity index (χ1) is 20.5. The molecule has 43 heavy (non-hydrogen) atoms. The van der Waals surface area contributed by atoms with E-state index < -0.39 is 11.9 Å². The van der Waals surface area contributed by atoms with Gasteiger partial charge in [-0.05, 0) is 38.7 Å². The number of aliphatic imine (C=N–C) groups is 1. The average molecular weight is 597 g/mol. The number of nitrogens with zero attached hydrogens (tertiary/aromatic N) is 7. The Balaban J connectivity index is 1.53. The third-order valence-corrected chi connectivity index (χ3v) is 7.31. The minimum absolute atomic E-state index is 0.201. The number of hydrogen-bond acceptors (Lipinski definition) is 7. The van der Waals surface area contributed by atoms with E-state index in [1.54, 1.807) is 19.2 Å². The number of hydrogen-bond donors (Lipinski definition) is 1. The minimum atomic E-state index is -4.53. The highest BCUT2D eigenvalue weighted by Crippen LogP contribution is 2.42. The first kappa shape index (κ1) is 30.2. The Labute approximate surface area is 247 Å². The molecular weight excluding hydrogens is 561 g/mol. The molecule has 1 fully saturated rings. The van der Waals surface area contributed by atoms with Crippen molar-refractivity contribution in [1.82, 2.24) is 29.1 Å². The highest BCUT2D eigenvalue weighted by atomic mass is 19.4. The summed E-state index contributed by atoms with van der Waals surface area (Å²) in [6.45, 7) is 6.25. The molecule has 3 aromatic heterocycles. The summed E-state index contributed by atoms with van der Waals surface area (Å²) in [5, 5.41) is 0. The number of methoxy groups -OCH3 is 2. The van der Waals surface area contributed by atoms with Crippen molar-refractivity contribution in [2.45, 2.75) is 71.3 Å². The largest absolute Gasteiger partial charge is 0.480 e. The van der Waals surface area contributed by atoms with Gasteiger partial charge in [0.2, 0.25) is 5.88 Å². The number of alkyl halides is 3. The number of nitrogens with two attached hydrogens (primary N) is 1. The molecule has 0 atom stereocenters. The standard InChI is InChI=1S/C30H35F3N8O2/c1-6-21-28(39-26(34)24-25(19-11-12-19)35-16-36-29(24)43-5)41(23(37-21)15-42-4)13-18-7-9-20(10-8-18)27-38-22(30(31,32)33)14-40(27)17(2)3/h7-10,14,16-17,19H,6,11-13,15H2,1-5H3,(H2,34,39). The SMILES string of the molecule is CCc1nc(COC)n(Cc2ccc(-c3nc(C(F)(F)F)cn3C(C)C)cc2)c1/N=C(\N)c1c(OC)ncnc1C1CC1. The van der Waals surface area contributed by atoms with Crippen molar-refractivity contribution in [1.29, 1.82) is 0 Å². The van der Waals surface area contributed by atoms with Crippen LogP contribution in [0.15, 0.2) is 41.8 Å². The Hall–Kier alpha value is -4.26. The van der Waals surface area contributed by atoms with Crippen LogP contribution in [-0.4, -0.2) is 49.1 Å². The van der Waals surface area contributed by atoms with Gasteiger partial charge in [-0.2, -0.15) is 13.2 Å². The van der Waals surface area contributed by atoms with E-state index in [0.717, 1.165) is 36.0 Å². The summed E-state index contributed by atoms with van der Waals surface area (Å²) in [7, 11) is 3.13. The van der Waals surface area contributed by atoms with E-state index in [4.69, 9.17) is 25.2 Å². The number of amidine groups is 1. The van der Waals surface area contributed by atoms with E-state index in [2.05, 4.69) is 15.0 Å². The van der Waals surface area contributed by atoms with E-state index in [-0.39, 0.29) is 30.2 Å². The van der Waals surface area contributed by atoms with Crippen molar-refractivity contribution < 1.29 is 22.6 Å². The molecule has 5 rings (SSSR count). The van der Waals surface area contributed by atoms with E-state index in [1.165, 1.54) is 18.0 Å². The summed E-state index contributed by atoms with van der Waals surface area (Å²) in [5.41, 5.74) is 9.31. The van der Waals surface area contributed by atoms with Crippen LogP contribution in [0.3, 0.4) is 0 Å². The van der Waals surface area contributed by atoms with Gasteiger partial charge in [-0.15, -0.1) is 0 Å². The van der Waals surface area contributed by atoms with Crippen LogP contribution in [0.25, 0.3) is 11.4 Å². The molecule has 10 nitrogen and oxygen atoms in total. The van der Waals surface area contributed by atoms with E-state index in [1.807, 2.05) is 37.5 Å². The van der Waals surface area contributed by atoms with Crippen LogP contribution in [0.5, 0.6) is 5.88 Å². The lowest BCUT2D eigenvalue weighted by atomic mass is 10.1. The van der Waals surface area contributed by atoms with Gasteiger partial charge in [0.05, 0.1) is 25.0 Å². The molecule has 0 radical (unpaired) electrons. The molecule has 1 aromatic carbocycles. The summed E-state index contributed by atoms with van der Waals surface area (Å²) in [6, 6.07) is 7.07. The monoisotopic (exact) mass is 596 g/mol. The zero-order valence-corrected chi connectivity index (χ0v) is 24.8. The second-order valence-electron chi connectivity index (χ2n) is 10.7. The van der Waals surface area contributed by atoms with Gasteiger partial charge in [0.15, 0.2) is 11.5 Å². The van der Waals surface area contributed by atoms with Gasteiger partial charge in [-0.25, -0.2) is 24.9 Å². The molecule has 0 aliphatic heterocycles. The lowest BCUT2D eigenvalue weighted by Crippen LogP contribution is -2.19. The Bertz CT molecular complexity index is 1620. The number of aryl methyl sites for hydroxylation is 1. The van der Waals surface area contributed by atoms with Gasteiger partial charge in [-0.1, -0.05) is 31.2 Å². The maximum atomic E-state index is 13.4. The molecule has 0 spiro atoms. The Morgan fingerprint density at radius 1 is 1.12 bits per heavy atom. The molecule has 1 aliphatic rings. The molecule has 2 N–H and O–H groups in total. The van der Waals surface area contributed by atoms with Crippen molar-refractivity contribution in [3.63, 3.8) is 0 Å². The molecular formula is C30H35F3N8O2. The van der Waals surface area contributed by atoms with Crippen molar-refractivity contribution >= 4 is 11.7 Å². The predicted molar refractivity (Wildman–Crippen MR) is 155 cm³/mol. The van der Waals surface area contributed by atoms with Gasteiger partial charge >= 0.3 is 6.18 Å². The smallest absolute Gasteiger partial charge is 0.434 e. The molecule has 0 amide bonds. The quantitative estimate of drug-likeness (QED) is 0.171. The molecule has 13 heteroatoms. The number of halogens is 3. The van der Waals surface area contributed by atoms with E-state index in [9.17, 15) is 13.2 Å². The number of ether oxygens (including phenoxy) is 2. The Morgan fingerprint density at radius 2 is 1.84 bits per heavy atom. The summed E-state index contributed by atoms with van der Waals surface area (Å²) in [4.78, 5) is 22.3. The van der Waals surface area contributed by atoms with Crippen LogP contribution in [0, 0.1) is 0 Å². The van der Waals surface area contributed by atoms with Crippen LogP contribution in [0.2, 0.25) is 0 Å². The molecule has 3 heterocycles. The van der Waals surface area contributed by atoms with Crippen molar-refractivity contribution in [3.05, 3.63) is 70.8 Å². The molecule has 4 aromatic rings. The average Bonchev–Trinajstić information content (AvgIpc) is 3.64. The predicted octanol–water partition coefficient (Wildman–Crippen LogP) is 5.82. The second kappa shape index (κ2) is 12.2. The first-order valence-corrected chi connectivity index (χ1v) is 14.1. The summed E-state index contributed by atoms with van der Waals surface area (Å²) in [6.07, 6.45) is 0.635. The fourth-order valence-corrected chi connectivity index (χ4v) is 5.00. The molecule has 0 bridgehead atoms. The normalized spacial score (nSPS) is 14.1. The van der Waals surface area contributed by atoms with Gasteiger partial charge < -0.3 is 24.3 Å². The number of rotatable bonds is 11. The van der Waals surface area contributed by atoms with Crippen LogP contribution in [0.1, 0.15) is 79.6 Å². The highest BCUT2D eigenvalue weighted by molar-refractivity contribution is 6.02. The minimum Gasteiger partial charge on any atom is -0.480 e. The van der Waals surface area contributed by atoms with E-state index >= 15 is 0 Å². The summed E-state index contributed by atoms with van der Waals surface area (Å²) < 4.78 is 54.7. The lowest BCUT2D eigenvalue weighted by molar-refractivity contribution is -0.140. The third kappa shape index (κ3) is 6.26. The summed E-state index contributed by atoms with van der Waals surface area (Å²) >= 11 is 0. The maximum absolute atomic E-state index is 13.4. The van der Waals surface area contributed by atoms with Crippen molar-refractivity contribution in [2.24, 2.45) is 10.7 Å². The van der Waals surface area contributed by atoms with Crippen LogP contribution >= 0.6 is 0 Å². The number of aromatic nitrogens is 6. The van der Waals surface area contributed by atoms with E-state index in [0.29, 0.717) is 41.6 Å². The van der Waals surface area contributed by atoms with Crippen molar-refractivity contribution in [3.8, 4) is 17.3 Å². The molecule has 0 unspecified atom stereocenters. The number of imidazole rings is 2. The zero-order valence-electron chi connectivity index (χ0n) is 24.8. The van der Waals surface area contributed by atoms with Crippen LogP contribution in [-0.2, 0) is 30.5 Å². The van der Waals surface area contributed by atoms with Crippen LogP contribution in [0.4, 0.5) is 19.0 Å². The fourth-order valence-electron chi connectivity index (χ4n) is 5.00. The third-order valence-electron chi connectivity index (χ3n) is 7.31. The molecule has 1 saturated carbocycles. The fraction of sp³-hybridized carbons (Fsp3) is 0.433. The van der Waals surface area contributed by atoms with Gasteiger partial charge in [-0.3, -0.25) is 0 Å². The lowest BCUT2D eigenvalue weighted by Gasteiger charge is -2.14. The highest BCUT2D eigenvalue weighted by Gasteiger charge is 2.35. The van der Waals surface area contributed by atoms with Gasteiger partial charge in [0, 0.05) is 30.8 Å². The van der Waals surface area contributed by atoms with Crippen molar-refractivity contribution in [2.75, 3.05) is 14.2 Å². The molecule has 228 valence electrons. The molecule has 1 aliphatic carbocycles. The Kier molecular flexibility index (Phi) is 8.54. The summed E-state index contributed by atoms with van der Waals surface area (Å²) in [5.74, 6) is 2.39.